The summed E-state index contributed by atoms with van der Waals surface area (Å²) in [6, 6.07) is 6.65. The highest BCUT2D eigenvalue weighted by Gasteiger charge is 2.22. The highest BCUT2D eigenvalue weighted by Crippen LogP contribution is 2.13. The zero-order valence-corrected chi connectivity index (χ0v) is 15.9. The van der Waals surface area contributed by atoms with Crippen molar-refractivity contribution in [3.63, 3.8) is 0 Å². The van der Waals surface area contributed by atoms with Crippen LogP contribution in [0.25, 0.3) is 0 Å². The molecule has 0 aromatic heterocycles. The van der Waals surface area contributed by atoms with Crippen LogP contribution in [0.1, 0.15) is 10.4 Å². The molecular formula is C19H28N4O4. The quantitative estimate of drug-likeness (QED) is 0.772. The first-order valence-corrected chi connectivity index (χ1v) is 9.42. The lowest BCUT2D eigenvalue weighted by molar-refractivity contribution is 0.0311. The number of amides is 2. The van der Waals surface area contributed by atoms with Gasteiger partial charge >= 0.3 is 12.0 Å². The largest absolute Gasteiger partial charge is 0.465 e. The van der Waals surface area contributed by atoms with E-state index in [2.05, 4.69) is 15.1 Å². The summed E-state index contributed by atoms with van der Waals surface area (Å²) in [6.45, 7) is 8.89. The first-order chi connectivity index (χ1) is 13.2. The number of hydrogen-bond acceptors (Lipinski definition) is 6. The van der Waals surface area contributed by atoms with E-state index in [1.165, 1.54) is 7.11 Å². The zero-order valence-electron chi connectivity index (χ0n) is 15.9. The van der Waals surface area contributed by atoms with E-state index in [1.807, 2.05) is 4.90 Å². The number of methoxy groups -OCH3 is 1. The fourth-order valence-electron chi connectivity index (χ4n) is 3.33. The molecule has 8 nitrogen and oxygen atoms in total. The van der Waals surface area contributed by atoms with Crippen molar-refractivity contribution >= 4 is 17.7 Å². The molecule has 0 unspecified atom stereocenters. The molecular weight excluding hydrogens is 348 g/mol. The third kappa shape index (κ3) is 5.66. The van der Waals surface area contributed by atoms with Gasteiger partial charge in [0, 0.05) is 58.0 Å². The Labute approximate surface area is 160 Å². The summed E-state index contributed by atoms with van der Waals surface area (Å²) in [5, 5.41) is 2.87. The Balaban J connectivity index is 1.42. The SMILES string of the molecule is COC(=O)c1cccc(NC(=O)N2CCN(CCN3CCOCC3)CC2)c1. The van der Waals surface area contributed by atoms with Crippen molar-refractivity contribution in [2.75, 3.05) is 78.0 Å². The highest BCUT2D eigenvalue weighted by molar-refractivity contribution is 5.93. The molecule has 0 saturated carbocycles. The smallest absolute Gasteiger partial charge is 0.337 e. The number of carbonyl (C=O) groups is 2. The van der Waals surface area contributed by atoms with Crippen LogP contribution in [0.4, 0.5) is 10.5 Å². The Bertz CT molecular complexity index is 640. The van der Waals surface area contributed by atoms with Crippen molar-refractivity contribution in [2.24, 2.45) is 0 Å². The monoisotopic (exact) mass is 376 g/mol. The Kier molecular flexibility index (Phi) is 7.03. The standard InChI is InChI=1S/C19H28N4O4/c1-26-18(24)16-3-2-4-17(15-16)20-19(25)23-9-7-21(8-10-23)5-6-22-11-13-27-14-12-22/h2-4,15H,5-14H2,1H3,(H,20,25). The van der Waals surface area contributed by atoms with E-state index in [9.17, 15) is 9.59 Å². The molecule has 3 rings (SSSR count). The van der Waals surface area contributed by atoms with Gasteiger partial charge in [0.15, 0.2) is 0 Å². The number of ether oxygens (including phenoxy) is 2. The summed E-state index contributed by atoms with van der Waals surface area (Å²) in [4.78, 5) is 30.7. The number of carbonyl (C=O) groups excluding carboxylic acids is 2. The summed E-state index contributed by atoms with van der Waals surface area (Å²) in [7, 11) is 1.34. The fraction of sp³-hybridized carbons (Fsp3) is 0.579. The molecule has 0 atom stereocenters. The van der Waals surface area contributed by atoms with Gasteiger partial charge in [-0.2, -0.15) is 0 Å². The number of anilines is 1. The summed E-state index contributed by atoms with van der Waals surface area (Å²) in [5.74, 6) is -0.417. The number of nitrogens with zero attached hydrogens (tertiary/aromatic N) is 3. The van der Waals surface area contributed by atoms with Gasteiger partial charge in [0.2, 0.25) is 0 Å². The van der Waals surface area contributed by atoms with Crippen LogP contribution in [0.5, 0.6) is 0 Å². The molecule has 27 heavy (non-hydrogen) atoms. The number of nitrogens with one attached hydrogen (secondary N) is 1. The lowest BCUT2D eigenvalue weighted by atomic mass is 10.2. The van der Waals surface area contributed by atoms with Crippen LogP contribution >= 0.6 is 0 Å². The first kappa shape index (κ1) is 19.6. The minimum atomic E-state index is -0.417. The van der Waals surface area contributed by atoms with Crippen LogP contribution in [0.3, 0.4) is 0 Å². The predicted molar refractivity (Wildman–Crippen MR) is 102 cm³/mol. The molecule has 2 fully saturated rings. The molecule has 2 aliphatic rings. The highest BCUT2D eigenvalue weighted by atomic mass is 16.5. The van der Waals surface area contributed by atoms with Crippen molar-refractivity contribution in [3.8, 4) is 0 Å². The molecule has 8 heteroatoms. The van der Waals surface area contributed by atoms with Gasteiger partial charge < -0.3 is 19.7 Å². The molecule has 0 aliphatic carbocycles. The van der Waals surface area contributed by atoms with Gasteiger partial charge in [-0.05, 0) is 18.2 Å². The van der Waals surface area contributed by atoms with Gasteiger partial charge in [0.1, 0.15) is 0 Å². The van der Waals surface area contributed by atoms with Gasteiger partial charge in [-0.15, -0.1) is 0 Å². The second-order valence-corrected chi connectivity index (χ2v) is 6.79. The van der Waals surface area contributed by atoms with Crippen LogP contribution in [0.15, 0.2) is 24.3 Å². The van der Waals surface area contributed by atoms with Crippen molar-refractivity contribution < 1.29 is 19.1 Å². The summed E-state index contributed by atoms with van der Waals surface area (Å²) >= 11 is 0. The van der Waals surface area contributed by atoms with Crippen LogP contribution in [-0.4, -0.2) is 99.4 Å². The van der Waals surface area contributed by atoms with Crippen molar-refractivity contribution in [1.82, 2.24) is 14.7 Å². The van der Waals surface area contributed by atoms with Gasteiger partial charge in [-0.25, -0.2) is 9.59 Å². The van der Waals surface area contributed by atoms with Gasteiger partial charge in [0.05, 0.1) is 25.9 Å². The maximum atomic E-state index is 12.5. The average molecular weight is 376 g/mol. The van der Waals surface area contributed by atoms with E-state index in [-0.39, 0.29) is 6.03 Å². The minimum absolute atomic E-state index is 0.134. The molecule has 1 aromatic carbocycles. The third-order valence-corrected chi connectivity index (χ3v) is 5.03. The molecule has 0 radical (unpaired) electrons. The second-order valence-electron chi connectivity index (χ2n) is 6.79. The van der Waals surface area contributed by atoms with Crippen LogP contribution < -0.4 is 5.32 Å². The second kappa shape index (κ2) is 9.68. The summed E-state index contributed by atoms with van der Waals surface area (Å²) < 4.78 is 10.1. The lowest BCUT2D eigenvalue weighted by Gasteiger charge is -2.36. The molecule has 0 spiro atoms. The third-order valence-electron chi connectivity index (χ3n) is 5.03. The van der Waals surface area contributed by atoms with E-state index in [0.29, 0.717) is 24.3 Å². The Hall–Kier alpha value is -2.16. The fourth-order valence-corrected chi connectivity index (χ4v) is 3.33. The van der Waals surface area contributed by atoms with Crippen molar-refractivity contribution in [2.45, 2.75) is 0 Å². The number of urea groups is 1. The van der Waals surface area contributed by atoms with Crippen LogP contribution in [-0.2, 0) is 9.47 Å². The minimum Gasteiger partial charge on any atom is -0.465 e. The normalized spacial score (nSPS) is 18.9. The van der Waals surface area contributed by atoms with Crippen molar-refractivity contribution in [3.05, 3.63) is 29.8 Å². The van der Waals surface area contributed by atoms with Crippen molar-refractivity contribution in [1.29, 1.82) is 0 Å². The molecule has 2 heterocycles. The summed E-state index contributed by atoms with van der Waals surface area (Å²) in [6.07, 6.45) is 0. The van der Waals surface area contributed by atoms with Gasteiger partial charge in [-0.3, -0.25) is 9.80 Å². The zero-order chi connectivity index (χ0) is 19.1. The summed E-state index contributed by atoms with van der Waals surface area (Å²) in [5.41, 5.74) is 1.01. The first-order valence-electron chi connectivity index (χ1n) is 9.42. The number of morpholine rings is 1. The molecule has 1 N–H and O–H groups in total. The van der Waals surface area contributed by atoms with Crippen LogP contribution in [0, 0.1) is 0 Å². The van der Waals surface area contributed by atoms with E-state index < -0.39 is 5.97 Å². The molecule has 2 saturated heterocycles. The number of esters is 1. The molecule has 2 aliphatic heterocycles. The molecule has 1 aromatic rings. The number of benzene rings is 1. The molecule has 0 bridgehead atoms. The maximum absolute atomic E-state index is 12.5. The number of rotatable bonds is 5. The number of hydrogen-bond donors (Lipinski definition) is 1. The molecule has 2 amide bonds. The van der Waals surface area contributed by atoms with E-state index >= 15 is 0 Å². The van der Waals surface area contributed by atoms with Crippen LogP contribution in [0.2, 0.25) is 0 Å². The van der Waals surface area contributed by atoms with E-state index in [1.54, 1.807) is 24.3 Å². The maximum Gasteiger partial charge on any atom is 0.337 e. The van der Waals surface area contributed by atoms with E-state index in [0.717, 1.165) is 52.5 Å². The lowest BCUT2D eigenvalue weighted by Crippen LogP contribution is -2.51. The Morgan fingerprint density at radius 2 is 1.70 bits per heavy atom. The average Bonchev–Trinajstić information content (AvgIpc) is 2.73. The number of piperazine rings is 1. The van der Waals surface area contributed by atoms with E-state index in [4.69, 9.17) is 9.47 Å². The van der Waals surface area contributed by atoms with Gasteiger partial charge in [0.25, 0.3) is 0 Å². The molecule has 148 valence electrons. The predicted octanol–water partition coefficient (Wildman–Crippen LogP) is 0.955. The Morgan fingerprint density at radius 3 is 2.37 bits per heavy atom. The van der Waals surface area contributed by atoms with Gasteiger partial charge in [-0.1, -0.05) is 6.07 Å². The Morgan fingerprint density at radius 1 is 1.04 bits per heavy atom. The topological polar surface area (TPSA) is 74.4 Å².